The average molecular weight is 357 g/mol. The molecule has 0 aromatic heterocycles. The second kappa shape index (κ2) is 9.21. The van der Waals surface area contributed by atoms with Crippen molar-refractivity contribution in [1.82, 2.24) is 0 Å². The summed E-state index contributed by atoms with van der Waals surface area (Å²) in [6.45, 7) is 3.66. The Morgan fingerprint density at radius 1 is 1.24 bits per heavy atom. The number of carbonyl (C=O) groups is 2. The number of rotatable bonds is 8. The molecule has 0 aliphatic heterocycles. The number of esters is 2. The molecule has 0 aliphatic carbocycles. The summed E-state index contributed by atoms with van der Waals surface area (Å²) in [5.41, 5.74) is 0. The van der Waals surface area contributed by atoms with Crippen LogP contribution in [0.3, 0.4) is 0 Å². The number of benzene rings is 1. The molecule has 1 aromatic carbocycles. The van der Waals surface area contributed by atoms with Crippen LogP contribution in [0.25, 0.3) is 0 Å². The number of ether oxygens (including phenoxy) is 3. The summed E-state index contributed by atoms with van der Waals surface area (Å²) in [5, 5.41) is -0.291. The van der Waals surface area contributed by atoms with Gasteiger partial charge in [-0.3, -0.25) is 0 Å². The predicted molar refractivity (Wildman–Crippen MR) is 79.7 cm³/mol. The summed E-state index contributed by atoms with van der Waals surface area (Å²) in [7, 11) is 2.84. The molecule has 114 valence electrons. The molecule has 0 fully saturated rings. The molecular weight excluding hydrogens is 339 g/mol. The van der Waals surface area contributed by atoms with Crippen LogP contribution >= 0.6 is 0 Å². The van der Waals surface area contributed by atoms with Crippen LogP contribution in [-0.4, -0.2) is 46.1 Å². The first-order valence-electron chi connectivity index (χ1n) is 6.27. The van der Waals surface area contributed by atoms with E-state index in [9.17, 15) is 9.59 Å². The Kier molecular flexibility index (Phi) is 7.57. The first kappa shape index (κ1) is 17.3. The first-order chi connectivity index (χ1) is 10.1. The summed E-state index contributed by atoms with van der Waals surface area (Å²) >= 11 is -0.0771. The van der Waals surface area contributed by atoms with E-state index in [-0.39, 0.29) is 26.4 Å². The molecule has 0 saturated heterocycles. The van der Waals surface area contributed by atoms with Crippen molar-refractivity contribution in [2.24, 2.45) is 0 Å². The van der Waals surface area contributed by atoms with Crippen molar-refractivity contribution < 1.29 is 23.8 Å². The van der Waals surface area contributed by atoms with E-state index in [4.69, 9.17) is 9.47 Å². The maximum atomic E-state index is 11.6. The van der Waals surface area contributed by atoms with Gasteiger partial charge in [-0.15, -0.1) is 0 Å². The van der Waals surface area contributed by atoms with Crippen molar-refractivity contribution in [1.29, 1.82) is 0 Å². The van der Waals surface area contributed by atoms with Crippen LogP contribution < -0.4 is 9.20 Å². The van der Waals surface area contributed by atoms with Crippen molar-refractivity contribution in [2.75, 3.05) is 14.2 Å². The maximum absolute atomic E-state index is 11.6. The molecule has 1 aromatic rings. The van der Waals surface area contributed by atoms with Gasteiger partial charge in [-0.1, -0.05) is 0 Å². The monoisotopic (exact) mass is 358 g/mol. The molecule has 0 N–H and O–H groups in total. The van der Waals surface area contributed by atoms with Crippen molar-refractivity contribution in [3.63, 3.8) is 0 Å². The number of hydrogen-bond acceptors (Lipinski definition) is 5. The summed E-state index contributed by atoms with van der Waals surface area (Å²) in [4.78, 5) is 22.7. The summed E-state index contributed by atoms with van der Waals surface area (Å²) < 4.78 is 15.9. The zero-order valence-electron chi connectivity index (χ0n) is 12.0. The van der Waals surface area contributed by atoms with Gasteiger partial charge in [0.1, 0.15) is 0 Å². The van der Waals surface area contributed by atoms with E-state index < -0.39 is 11.9 Å². The molecule has 1 unspecified atom stereocenters. The summed E-state index contributed by atoms with van der Waals surface area (Å²) in [6.07, 6.45) is 1.86. The quantitative estimate of drug-likeness (QED) is 0.301. The van der Waals surface area contributed by atoms with Crippen molar-refractivity contribution in [3.8, 4) is 5.75 Å². The zero-order chi connectivity index (χ0) is 15.7. The second-order valence-corrected chi connectivity index (χ2v) is 6.58. The Bertz CT molecular complexity index is 483. The molecule has 0 bridgehead atoms. The van der Waals surface area contributed by atoms with Gasteiger partial charge in [-0.25, -0.2) is 0 Å². The van der Waals surface area contributed by atoms with Gasteiger partial charge in [-0.2, -0.15) is 0 Å². The normalized spacial score (nSPS) is 11.3. The van der Waals surface area contributed by atoms with Crippen LogP contribution in [0.2, 0.25) is 0 Å². The van der Waals surface area contributed by atoms with Crippen LogP contribution in [0, 0.1) is 0 Å². The second-order valence-electron chi connectivity index (χ2n) is 3.99. The van der Waals surface area contributed by atoms with E-state index >= 15 is 0 Å². The molecule has 0 amide bonds. The van der Waals surface area contributed by atoms with E-state index in [1.807, 2.05) is 24.3 Å². The number of carbonyl (C=O) groups excluding carboxylic acids is 2. The van der Waals surface area contributed by atoms with E-state index in [2.05, 4.69) is 11.3 Å². The van der Waals surface area contributed by atoms with Gasteiger partial charge in [0.2, 0.25) is 0 Å². The molecule has 1 atom stereocenters. The molecular formula is C15H18O5Se. The van der Waals surface area contributed by atoms with Crippen LogP contribution in [0.15, 0.2) is 36.9 Å². The molecule has 0 spiro atoms. The van der Waals surface area contributed by atoms with Gasteiger partial charge < -0.3 is 0 Å². The van der Waals surface area contributed by atoms with Crippen LogP contribution in [0.1, 0.15) is 12.8 Å². The Hall–Kier alpha value is -1.78. The molecule has 21 heavy (non-hydrogen) atoms. The number of methoxy groups -OCH3 is 2. The third-order valence-corrected chi connectivity index (χ3v) is 4.76. The standard InChI is InChI=1S/C15H18O5Se/c1-4-5-15(20-14(17)10-13(16)19-3)21-12-8-6-11(18-2)7-9-12/h4,6-9,15H,1,5,10H2,2-3H3. The van der Waals surface area contributed by atoms with Crippen LogP contribution in [0.4, 0.5) is 0 Å². The van der Waals surface area contributed by atoms with Crippen LogP contribution in [-0.2, 0) is 19.1 Å². The zero-order valence-corrected chi connectivity index (χ0v) is 13.7. The van der Waals surface area contributed by atoms with Gasteiger partial charge in [0.15, 0.2) is 0 Å². The Labute approximate surface area is 130 Å². The van der Waals surface area contributed by atoms with E-state index in [0.29, 0.717) is 6.42 Å². The average Bonchev–Trinajstić information content (AvgIpc) is 2.48. The third-order valence-electron chi connectivity index (χ3n) is 2.47. The third kappa shape index (κ3) is 6.47. The minimum absolute atomic E-state index is 0.0771. The summed E-state index contributed by atoms with van der Waals surface area (Å²) in [6, 6.07) is 7.59. The molecule has 0 saturated carbocycles. The van der Waals surface area contributed by atoms with Crippen molar-refractivity contribution in [3.05, 3.63) is 36.9 Å². The fourth-order valence-electron chi connectivity index (χ4n) is 1.44. The Morgan fingerprint density at radius 2 is 1.90 bits per heavy atom. The number of hydrogen-bond donors (Lipinski definition) is 0. The molecule has 6 heteroatoms. The summed E-state index contributed by atoms with van der Waals surface area (Å²) in [5.74, 6) is -0.407. The van der Waals surface area contributed by atoms with Gasteiger partial charge in [0.05, 0.1) is 0 Å². The van der Waals surface area contributed by atoms with E-state index in [1.165, 1.54) is 7.11 Å². The van der Waals surface area contributed by atoms with Gasteiger partial charge >= 0.3 is 130 Å². The fourth-order valence-corrected chi connectivity index (χ4v) is 3.51. The molecule has 5 nitrogen and oxygen atoms in total. The Morgan fingerprint density at radius 3 is 2.43 bits per heavy atom. The minimum atomic E-state index is -0.602. The van der Waals surface area contributed by atoms with Gasteiger partial charge in [0, 0.05) is 0 Å². The molecule has 0 radical (unpaired) electrons. The van der Waals surface area contributed by atoms with Crippen LogP contribution in [0.5, 0.6) is 5.75 Å². The molecule has 1 rings (SSSR count). The Balaban J connectivity index is 2.61. The molecule has 0 heterocycles. The van der Waals surface area contributed by atoms with Gasteiger partial charge in [-0.05, 0) is 0 Å². The van der Waals surface area contributed by atoms with Crippen molar-refractivity contribution in [2.45, 2.75) is 17.8 Å². The van der Waals surface area contributed by atoms with E-state index in [0.717, 1.165) is 10.2 Å². The predicted octanol–water partition coefficient (Wildman–Crippen LogP) is 1.03. The fraction of sp³-hybridized carbons (Fsp3) is 0.333. The van der Waals surface area contributed by atoms with E-state index in [1.54, 1.807) is 13.2 Å². The molecule has 0 aliphatic rings. The SMILES string of the molecule is C=CCC(OC(=O)CC(=O)OC)[Se]c1ccc(OC)cc1. The topological polar surface area (TPSA) is 61.8 Å². The van der Waals surface area contributed by atoms with Crippen molar-refractivity contribution >= 4 is 31.4 Å². The van der Waals surface area contributed by atoms with Gasteiger partial charge in [0.25, 0.3) is 0 Å². The first-order valence-corrected chi connectivity index (χ1v) is 8.11.